The number of nitrogens with one attached hydrogen (secondary N) is 1. The highest BCUT2D eigenvalue weighted by molar-refractivity contribution is 7.92. The summed E-state index contributed by atoms with van der Waals surface area (Å²) in [7, 11) is -2.45. The summed E-state index contributed by atoms with van der Waals surface area (Å²) in [6.07, 6.45) is -0.385. The molecule has 9 heteroatoms. The minimum atomic E-state index is -3.98. The molecule has 0 fully saturated rings. The summed E-state index contributed by atoms with van der Waals surface area (Å²) in [5.41, 5.74) is 0.348. The molecule has 0 saturated carbocycles. The Hall–Kier alpha value is -3.72. The van der Waals surface area contributed by atoms with Gasteiger partial charge in [-0.3, -0.25) is 9.10 Å². The van der Waals surface area contributed by atoms with Gasteiger partial charge in [0, 0.05) is 0 Å². The smallest absolute Gasteiger partial charge is 0.264 e. The maximum absolute atomic E-state index is 13.3. The minimum absolute atomic E-state index is 0.0919. The Labute approximate surface area is 192 Å². The molecule has 1 aliphatic heterocycles. The van der Waals surface area contributed by atoms with E-state index in [0.29, 0.717) is 22.9 Å². The highest BCUT2D eigenvalue weighted by Gasteiger charge is 2.28. The fourth-order valence-corrected chi connectivity index (χ4v) is 4.80. The third kappa shape index (κ3) is 5.20. The third-order valence-corrected chi connectivity index (χ3v) is 6.86. The zero-order valence-electron chi connectivity index (χ0n) is 18.0. The van der Waals surface area contributed by atoms with Gasteiger partial charge in [-0.05, 0) is 48.5 Å². The predicted molar refractivity (Wildman–Crippen MR) is 123 cm³/mol. The number of rotatable bonds is 8. The average Bonchev–Trinajstić information content (AvgIpc) is 2.86. The largest absolute Gasteiger partial charge is 0.497 e. The van der Waals surface area contributed by atoms with Crippen molar-refractivity contribution >= 4 is 21.6 Å². The summed E-state index contributed by atoms with van der Waals surface area (Å²) >= 11 is 0. The second-order valence-corrected chi connectivity index (χ2v) is 9.19. The molecule has 172 valence electrons. The summed E-state index contributed by atoms with van der Waals surface area (Å²) < 4.78 is 44.4. The molecule has 33 heavy (non-hydrogen) atoms. The van der Waals surface area contributed by atoms with Crippen molar-refractivity contribution in [3.8, 4) is 17.2 Å². The number of sulfonamides is 1. The molecule has 0 radical (unpaired) electrons. The Bertz CT molecular complexity index is 1200. The Morgan fingerprint density at radius 3 is 2.36 bits per heavy atom. The van der Waals surface area contributed by atoms with Crippen LogP contribution in [0.5, 0.6) is 17.2 Å². The second kappa shape index (κ2) is 9.83. The quantitative estimate of drug-likeness (QED) is 0.546. The van der Waals surface area contributed by atoms with Crippen molar-refractivity contribution in [3.05, 3.63) is 78.9 Å². The summed E-state index contributed by atoms with van der Waals surface area (Å²) in [6.45, 7) is 0.0600. The first kappa shape index (κ1) is 22.5. The van der Waals surface area contributed by atoms with Gasteiger partial charge in [0.1, 0.15) is 25.0 Å². The molecule has 1 N–H and O–H groups in total. The molecule has 3 aromatic rings. The van der Waals surface area contributed by atoms with Crippen molar-refractivity contribution in [2.75, 3.05) is 31.1 Å². The van der Waals surface area contributed by atoms with Crippen LogP contribution in [0.25, 0.3) is 0 Å². The standard InChI is InChI=1S/C24H24N2O6S/c1-30-19-13-11-18(12-14-19)26(33(28,29)21-7-3-2-4-8-21)16-24(27)25-15-20-17-31-22-9-5-6-10-23(22)32-20/h2-14,20H,15-17H2,1H3,(H,25,27)/t20-/m1/s1. The Kier molecular flexibility index (Phi) is 6.69. The predicted octanol–water partition coefficient (Wildman–Crippen LogP) is 2.85. The number of carbonyl (C=O) groups excluding carboxylic acids is 1. The number of nitrogens with zero attached hydrogens (tertiary/aromatic N) is 1. The number of carbonyl (C=O) groups is 1. The van der Waals surface area contributed by atoms with Crippen molar-refractivity contribution in [2.24, 2.45) is 0 Å². The van der Waals surface area contributed by atoms with Gasteiger partial charge in [-0.2, -0.15) is 0 Å². The molecule has 0 spiro atoms. The van der Waals surface area contributed by atoms with E-state index in [0.717, 1.165) is 4.31 Å². The van der Waals surface area contributed by atoms with Crippen LogP contribution >= 0.6 is 0 Å². The van der Waals surface area contributed by atoms with Crippen molar-refractivity contribution in [3.63, 3.8) is 0 Å². The number of hydrogen-bond donors (Lipinski definition) is 1. The lowest BCUT2D eigenvalue weighted by atomic mass is 10.2. The van der Waals surface area contributed by atoms with E-state index in [2.05, 4.69) is 5.32 Å². The van der Waals surface area contributed by atoms with Gasteiger partial charge in [-0.25, -0.2) is 8.42 Å². The van der Waals surface area contributed by atoms with E-state index in [4.69, 9.17) is 14.2 Å². The first-order chi connectivity index (χ1) is 16.0. The van der Waals surface area contributed by atoms with Crippen LogP contribution in [0.4, 0.5) is 5.69 Å². The molecule has 4 rings (SSSR count). The zero-order chi connectivity index (χ0) is 23.3. The number of anilines is 1. The van der Waals surface area contributed by atoms with Gasteiger partial charge in [0.15, 0.2) is 11.5 Å². The molecule has 0 aliphatic carbocycles. The van der Waals surface area contributed by atoms with E-state index < -0.39 is 22.5 Å². The number of amides is 1. The molecular weight excluding hydrogens is 444 g/mol. The van der Waals surface area contributed by atoms with Crippen molar-refractivity contribution in [1.82, 2.24) is 5.32 Å². The molecule has 0 saturated heterocycles. The Balaban J connectivity index is 1.48. The summed E-state index contributed by atoms with van der Waals surface area (Å²) in [4.78, 5) is 12.9. The number of para-hydroxylation sites is 2. The maximum Gasteiger partial charge on any atom is 0.264 e. The molecular formula is C24H24N2O6S. The lowest BCUT2D eigenvalue weighted by Crippen LogP contribution is -2.45. The van der Waals surface area contributed by atoms with Crippen LogP contribution in [0, 0.1) is 0 Å². The summed E-state index contributed by atoms with van der Waals surface area (Å²) in [6, 6.07) is 21.8. The third-order valence-electron chi connectivity index (χ3n) is 5.07. The van der Waals surface area contributed by atoms with Crippen LogP contribution in [-0.4, -0.2) is 47.2 Å². The molecule has 0 unspecified atom stereocenters. The molecule has 8 nitrogen and oxygen atoms in total. The summed E-state index contributed by atoms with van der Waals surface area (Å²) in [5, 5.41) is 2.75. The molecule has 1 heterocycles. The molecule has 1 aliphatic rings. The van der Waals surface area contributed by atoms with Crippen LogP contribution < -0.4 is 23.8 Å². The van der Waals surface area contributed by atoms with E-state index in [1.54, 1.807) is 48.5 Å². The van der Waals surface area contributed by atoms with Crippen LogP contribution in [0.15, 0.2) is 83.8 Å². The minimum Gasteiger partial charge on any atom is -0.497 e. The van der Waals surface area contributed by atoms with E-state index in [1.165, 1.54) is 19.2 Å². The van der Waals surface area contributed by atoms with Gasteiger partial charge >= 0.3 is 0 Å². The number of benzene rings is 3. The van der Waals surface area contributed by atoms with Crippen LogP contribution in [-0.2, 0) is 14.8 Å². The number of ether oxygens (including phenoxy) is 3. The van der Waals surface area contributed by atoms with Crippen molar-refractivity contribution in [2.45, 2.75) is 11.0 Å². The van der Waals surface area contributed by atoms with Gasteiger partial charge < -0.3 is 19.5 Å². The van der Waals surface area contributed by atoms with E-state index in [1.807, 2.05) is 18.2 Å². The molecule has 0 aromatic heterocycles. The molecule has 0 bridgehead atoms. The van der Waals surface area contributed by atoms with Crippen molar-refractivity contribution in [1.29, 1.82) is 0 Å². The number of hydrogen-bond acceptors (Lipinski definition) is 6. The number of fused-ring (bicyclic) bond motifs is 1. The first-order valence-corrected chi connectivity index (χ1v) is 11.8. The van der Waals surface area contributed by atoms with Crippen LogP contribution in [0.1, 0.15) is 0 Å². The van der Waals surface area contributed by atoms with E-state index in [9.17, 15) is 13.2 Å². The van der Waals surface area contributed by atoms with Gasteiger partial charge in [0.25, 0.3) is 10.0 Å². The highest BCUT2D eigenvalue weighted by Crippen LogP contribution is 2.30. The van der Waals surface area contributed by atoms with Gasteiger partial charge in [-0.15, -0.1) is 0 Å². The lowest BCUT2D eigenvalue weighted by molar-refractivity contribution is -0.120. The van der Waals surface area contributed by atoms with Crippen LogP contribution in [0.3, 0.4) is 0 Å². The van der Waals surface area contributed by atoms with E-state index >= 15 is 0 Å². The monoisotopic (exact) mass is 468 g/mol. The Morgan fingerprint density at radius 2 is 1.67 bits per heavy atom. The fraction of sp³-hybridized carbons (Fsp3) is 0.208. The first-order valence-electron chi connectivity index (χ1n) is 10.3. The fourth-order valence-electron chi connectivity index (χ4n) is 3.36. The maximum atomic E-state index is 13.3. The summed E-state index contributed by atoms with van der Waals surface area (Å²) in [5.74, 6) is 1.37. The molecule has 3 aromatic carbocycles. The molecule has 1 amide bonds. The Morgan fingerprint density at radius 1 is 1.00 bits per heavy atom. The highest BCUT2D eigenvalue weighted by atomic mass is 32.2. The van der Waals surface area contributed by atoms with Gasteiger partial charge in [-0.1, -0.05) is 30.3 Å². The molecule has 1 atom stereocenters. The average molecular weight is 469 g/mol. The second-order valence-electron chi connectivity index (χ2n) is 7.32. The normalized spacial score (nSPS) is 14.9. The zero-order valence-corrected chi connectivity index (χ0v) is 18.8. The lowest BCUT2D eigenvalue weighted by Gasteiger charge is -2.27. The SMILES string of the molecule is COc1ccc(N(CC(=O)NC[C@@H]2COc3ccccc3O2)S(=O)(=O)c2ccccc2)cc1. The number of methoxy groups -OCH3 is 1. The van der Waals surface area contributed by atoms with Crippen LogP contribution in [0.2, 0.25) is 0 Å². The van der Waals surface area contributed by atoms with Crippen molar-refractivity contribution < 1.29 is 27.4 Å². The topological polar surface area (TPSA) is 94.2 Å². The van der Waals surface area contributed by atoms with E-state index in [-0.39, 0.29) is 24.2 Å². The van der Waals surface area contributed by atoms with Gasteiger partial charge in [0.2, 0.25) is 5.91 Å². The van der Waals surface area contributed by atoms with Gasteiger partial charge in [0.05, 0.1) is 24.2 Å².